The number of furan rings is 1. The van der Waals surface area contributed by atoms with Crippen LogP contribution in [0.15, 0.2) is 41.1 Å². The maximum absolute atomic E-state index is 5.26. The molecule has 3 heteroatoms. The fourth-order valence-electron chi connectivity index (χ4n) is 1.50. The minimum Gasteiger partial charge on any atom is -0.464 e. The Bertz CT molecular complexity index is 571. The Morgan fingerprint density at radius 2 is 2.08 bits per heavy atom. The highest BCUT2D eigenvalue weighted by atomic mass is 16.3. The van der Waals surface area contributed by atoms with Crippen LogP contribution in [0.4, 0.5) is 0 Å². The van der Waals surface area contributed by atoms with Gasteiger partial charge in [-0.05, 0) is 24.3 Å². The van der Waals surface area contributed by atoms with Crippen LogP contribution in [0.3, 0.4) is 0 Å². The summed E-state index contributed by atoms with van der Waals surface area (Å²) in [6.45, 7) is 0. The fourth-order valence-corrected chi connectivity index (χ4v) is 1.50. The molecule has 13 heavy (non-hydrogen) atoms. The number of nitrogens with zero attached hydrogens (tertiary/aromatic N) is 2. The number of hydrogen-bond donors (Lipinski definition) is 0. The van der Waals surface area contributed by atoms with Crippen molar-refractivity contribution < 1.29 is 4.42 Å². The molecule has 2 aromatic heterocycles. The third-order valence-corrected chi connectivity index (χ3v) is 2.12. The molecule has 0 spiro atoms. The summed E-state index contributed by atoms with van der Waals surface area (Å²) in [5.74, 6) is 0. The molecule has 0 fully saturated rings. The monoisotopic (exact) mass is 170 g/mol. The molecule has 0 atom stereocenters. The molecule has 62 valence electrons. The topological polar surface area (TPSA) is 38.9 Å². The van der Waals surface area contributed by atoms with Crippen LogP contribution in [0.2, 0.25) is 0 Å². The van der Waals surface area contributed by atoms with Crippen LogP contribution in [0.1, 0.15) is 0 Å². The van der Waals surface area contributed by atoms with Crippen molar-refractivity contribution in [3.8, 4) is 0 Å². The summed E-state index contributed by atoms with van der Waals surface area (Å²) in [5, 5.41) is 10.0. The minimum absolute atomic E-state index is 0.855. The fraction of sp³-hybridized carbons (Fsp3) is 0. The highest BCUT2D eigenvalue weighted by Gasteiger charge is 2.02. The van der Waals surface area contributed by atoms with Gasteiger partial charge in [0, 0.05) is 10.8 Å². The van der Waals surface area contributed by atoms with E-state index in [0.29, 0.717) is 0 Å². The van der Waals surface area contributed by atoms with Crippen molar-refractivity contribution in [1.82, 2.24) is 10.2 Å². The molecule has 3 aromatic rings. The summed E-state index contributed by atoms with van der Waals surface area (Å²) in [5.41, 5.74) is 1.75. The van der Waals surface area contributed by atoms with E-state index in [1.165, 1.54) is 0 Å². The van der Waals surface area contributed by atoms with Crippen LogP contribution >= 0.6 is 0 Å². The number of fused-ring (bicyclic) bond motifs is 3. The molecule has 0 amide bonds. The lowest BCUT2D eigenvalue weighted by Gasteiger charge is -1.94. The molecular formula is C10H6N2O. The summed E-state index contributed by atoms with van der Waals surface area (Å²) >= 11 is 0. The summed E-state index contributed by atoms with van der Waals surface area (Å²) in [6.07, 6.45) is 3.35. The number of aromatic nitrogens is 2. The van der Waals surface area contributed by atoms with Gasteiger partial charge in [0.25, 0.3) is 0 Å². The molecular weight excluding hydrogens is 164 g/mol. The van der Waals surface area contributed by atoms with E-state index in [2.05, 4.69) is 10.2 Å². The van der Waals surface area contributed by atoms with Crippen molar-refractivity contribution in [3.05, 3.63) is 36.7 Å². The third-order valence-electron chi connectivity index (χ3n) is 2.12. The number of rotatable bonds is 0. The van der Waals surface area contributed by atoms with Crippen LogP contribution in [-0.2, 0) is 0 Å². The normalized spacial score (nSPS) is 11.1. The Balaban J connectivity index is 2.65. The van der Waals surface area contributed by atoms with Gasteiger partial charge in [0.05, 0.1) is 12.5 Å². The van der Waals surface area contributed by atoms with E-state index in [4.69, 9.17) is 4.42 Å². The highest BCUT2D eigenvalue weighted by Crippen LogP contribution is 2.23. The molecule has 0 saturated heterocycles. The van der Waals surface area contributed by atoms with E-state index in [9.17, 15) is 0 Å². The lowest BCUT2D eigenvalue weighted by atomic mass is 10.2. The van der Waals surface area contributed by atoms with Gasteiger partial charge in [-0.1, -0.05) is 0 Å². The van der Waals surface area contributed by atoms with Gasteiger partial charge in [-0.25, -0.2) is 0 Å². The highest BCUT2D eigenvalue weighted by molar-refractivity contribution is 6.02. The minimum atomic E-state index is 0.855. The van der Waals surface area contributed by atoms with Gasteiger partial charge < -0.3 is 4.42 Å². The second kappa shape index (κ2) is 2.29. The zero-order chi connectivity index (χ0) is 8.67. The number of benzene rings is 1. The predicted octanol–water partition coefficient (Wildman–Crippen LogP) is 2.38. The first-order valence-corrected chi connectivity index (χ1v) is 4.03. The molecule has 3 nitrogen and oxygen atoms in total. The van der Waals surface area contributed by atoms with Crippen LogP contribution in [-0.4, -0.2) is 10.2 Å². The van der Waals surface area contributed by atoms with E-state index in [1.54, 1.807) is 12.5 Å². The SMILES string of the molecule is c1cc2ccc3occc3c2nn1. The van der Waals surface area contributed by atoms with Gasteiger partial charge in [-0.3, -0.25) is 0 Å². The summed E-state index contributed by atoms with van der Waals surface area (Å²) in [4.78, 5) is 0. The van der Waals surface area contributed by atoms with E-state index < -0.39 is 0 Å². The van der Waals surface area contributed by atoms with Crippen molar-refractivity contribution >= 4 is 21.9 Å². The maximum atomic E-state index is 5.26. The Kier molecular flexibility index (Phi) is 1.16. The molecule has 0 aliphatic carbocycles. The molecule has 3 rings (SSSR count). The molecule has 0 aliphatic heterocycles. The lowest BCUT2D eigenvalue weighted by molar-refractivity contribution is 0.616. The average Bonchev–Trinajstić information content (AvgIpc) is 2.65. The molecule has 2 heterocycles. The Hall–Kier alpha value is -1.90. The van der Waals surface area contributed by atoms with Crippen LogP contribution in [0.25, 0.3) is 21.9 Å². The van der Waals surface area contributed by atoms with Crippen LogP contribution in [0.5, 0.6) is 0 Å². The molecule has 0 bridgehead atoms. The molecule has 0 unspecified atom stereocenters. The first-order valence-electron chi connectivity index (χ1n) is 4.03. The summed E-state index contributed by atoms with van der Waals surface area (Å²) in [7, 11) is 0. The second-order valence-electron chi connectivity index (χ2n) is 2.87. The van der Waals surface area contributed by atoms with Crippen molar-refractivity contribution in [2.45, 2.75) is 0 Å². The van der Waals surface area contributed by atoms with Gasteiger partial charge in [0.15, 0.2) is 0 Å². The Morgan fingerprint density at radius 1 is 1.08 bits per heavy atom. The Labute approximate surface area is 74.0 Å². The van der Waals surface area contributed by atoms with Crippen molar-refractivity contribution in [2.75, 3.05) is 0 Å². The van der Waals surface area contributed by atoms with Crippen molar-refractivity contribution in [2.24, 2.45) is 0 Å². The lowest BCUT2D eigenvalue weighted by Crippen LogP contribution is -1.81. The van der Waals surface area contributed by atoms with Crippen LogP contribution < -0.4 is 0 Å². The third kappa shape index (κ3) is 0.839. The molecule has 0 N–H and O–H groups in total. The Morgan fingerprint density at radius 3 is 3.08 bits per heavy atom. The van der Waals surface area contributed by atoms with Crippen LogP contribution in [0, 0.1) is 0 Å². The van der Waals surface area contributed by atoms with E-state index in [-0.39, 0.29) is 0 Å². The predicted molar refractivity (Wildman–Crippen MR) is 49.3 cm³/mol. The zero-order valence-corrected chi connectivity index (χ0v) is 6.77. The first kappa shape index (κ1) is 6.60. The van der Waals surface area contributed by atoms with E-state index >= 15 is 0 Å². The standard InChI is InChI=1S/C10H6N2O/c1-2-9-8(4-6-13-9)10-7(1)3-5-11-12-10/h1-6H. The molecule has 0 radical (unpaired) electrons. The maximum Gasteiger partial charge on any atom is 0.136 e. The van der Waals surface area contributed by atoms with Crippen molar-refractivity contribution in [1.29, 1.82) is 0 Å². The second-order valence-corrected chi connectivity index (χ2v) is 2.87. The van der Waals surface area contributed by atoms with Crippen molar-refractivity contribution in [3.63, 3.8) is 0 Å². The smallest absolute Gasteiger partial charge is 0.136 e. The summed E-state index contributed by atoms with van der Waals surface area (Å²) < 4.78 is 5.26. The molecule has 0 saturated carbocycles. The molecule has 1 aromatic carbocycles. The average molecular weight is 170 g/mol. The number of hydrogen-bond acceptors (Lipinski definition) is 3. The van der Waals surface area contributed by atoms with Gasteiger partial charge >= 0.3 is 0 Å². The first-order chi connectivity index (χ1) is 6.45. The van der Waals surface area contributed by atoms with Gasteiger partial charge in [0.2, 0.25) is 0 Å². The largest absolute Gasteiger partial charge is 0.464 e. The van der Waals surface area contributed by atoms with E-state index in [1.807, 2.05) is 24.3 Å². The molecule has 0 aliphatic rings. The van der Waals surface area contributed by atoms with Gasteiger partial charge in [-0.2, -0.15) is 5.10 Å². The van der Waals surface area contributed by atoms with Gasteiger partial charge in [0.1, 0.15) is 11.1 Å². The van der Waals surface area contributed by atoms with Gasteiger partial charge in [-0.15, -0.1) is 5.10 Å². The van der Waals surface area contributed by atoms with E-state index in [0.717, 1.165) is 21.9 Å². The summed E-state index contributed by atoms with van der Waals surface area (Å²) in [6, 6.07) is 7.77. The zero-order valence-electron chi connectivity index (χ0n) is 6.77. The quantitative estimate of drug-likeness (QED) is 0.520.